The lowest BCUT2D eigenvalue weighted by Gasteiger charge is -2.11. The fourth-order valence-electron chi connectivity index (χ4n) is 1.36. The van der Waals surface area contributed by atoms with Gasteiger partial charge in [-0.05, 0) is 40.2 Å². The van der Waals surface area contributed by atoms with E-state index in [-0.39, 0.29) is 10.6 Å². The van der Waals surface area contributed by atoms with E-state index in [1.165, 1.54) is 6.07 Å². The zero-order valence-electron chi connectivity index (χ0n) is 7.88. The van der Waals surface area contributed by atoms with Crippen LogP contribution in [0.1, 0.15) is 15.3 Å². The van der Waals surface area contributed by atoms with Crippen molar-refractivity contribution >= 4 is 54.8 Å². The van der Waals surface area contributed by atoms with E-state index in [0.717, 1.165) is 8.66 Å². The summed E-state index contributed by atoms with van der Waals surface area (Å²) in [6.07, 6.45) is 0. The van der Waals surface area contributed by atoms with Crippen LogP contribution in [0.25, 0.3) is 0 Å². The third-order valence-electron chi connectivity index (χ3n) is 2.10. The molecule has 0 fully saturated rings. The van der Waals surface area contributed by atoms with Crippen molar-refractivity contribution in [3.05, 3.63) is 55.4 Å². The summed E-state index contributed by atoms with van der Waals surface area (Å²) in [5.74, 6) is -0.293. The molecule has 0 aliphatic carbocycles. The lowest BCUT2D eigenvalue weighted by atomic mass is 10.1. The normalized spacial score (nSPS) is 12.8. The Kier molecular flexibility index (Phi) is 4.06. The minimum Gasteiger partial charge on any atom is -0.207 e. The van der Waals surface area contributed by atoms with Gasteiger partial charge in [0.1, 0.15) is 5.82 Å². The first-order chi connectivity index (χ1) is 7.59. The van der Waals surface area contributed by atoms with Crippen LogP contribution >= 0.6 is 54.8 Å². The first-order valence-electron chi connectivity index (χ1n) is 4.43. The van der Waals surface area contributed by atoms with Crippen LogP contribution < -0.4 is 0 Å². The van der Waals surface area contributed by atoms with Crippen LogP contribution in [-0.4, -0.2) is 0 Å². The molecule has 2 rings (SSSR count). The Morgan fingerprint density at radius 3 is 2.56 bits per heavy atom. The molecule has 1 aromatic carbocycles. The van der Waals surface area contributed by atoms with E-state index in [1.54, 1.807) is 23.5 Å². The highest BCUT2D eigenvalue weighted by atomic mass is 79.9. The minimum atomic E-state index is -0.293. The molecule has 0 saturated carbocycles. The number of alkyl halides is 1. The zero-order valence-corrected chi connectivity index (χ0v) is 12.6. The van der Waals surface area contributed by atoms with Gasteiger partial charge < -0.3 is 0 Å². The molecule has 1 heterocycles. The number of benzene rings is 1. The summed E-state index contributed by atoms with van der Waals surface area (Å²) in [5, 5.41) is 0.436. The summed E-state index contributed by atoms with van der Waals surface area (Å²) in [4.78, 5) is 0.802. The Morgan fingerprint density at radius 2 is 2.00 bits per heavy atom. The van der Waals surface area contributed by atoms with Crippen molar-refractivity contribution in [2.24, 2.45) is 0 Å². The minimum absolute atomic E-state index is 0.211. The van der Waals surface area contributed by atoms with E-state index >= 15 is 0 Å². The Balaban J connectivity index is 2.45. The predicted octanol–water partition coefficient (Wildman–Crippen LogP) is 5.79. The molecular weight excluding hydrogens is 378 g/mol. The fraction of sp³-hybridized carbons (Fsp3) is 0.0909. The molecule has 1 unspecified atom stereocenters. The monoisotopic (exact) mass is 382 g/mol. The van der Waals surface area contributed by atoms with E-state index < -0.39 is 0 Å². The molecule has 0 spiro atoms. The molecule has 0 N–H and O–H groups in total. The zero-order chi connectivity index (χ0) is 11.7. The maximum atomic E-state index is 13.7. The Hall–Kier alpha value is 0.1000. The van der Waals surface area contributed by atoms with Crippen molar-refractivity contribution in [1.29, 1.82) is 0 Å². The summed E-state index contributed by atoms with van der Waals surface area (Å²) in [6.45, 7) is 0. The smallest absolute Gasteiger partial charge is 0.129 e. The standard InChI is InChI=1S/C11H6Br2ClFS/c12-9-5-4-8(16-9)11(13)10-6(14)2-1-3-7(10)15/h1-5,11H. The van der Waals surface area contributed by atoms with Crippen molar-refractivity contribution in [3.8, 4) is 0 Å². The first-order valence-corrected chi connectivity index (χ1v) is 7.33. The predicted molar refractivity (Wildman–Crippen MR) is 74.2 cm³/mol. The molecule has 1 aromatic heterocycles. The van der Waals surface area contributed by atoms with Crippen LogP contribution in [0.2, 0.25) is 5.02 Å². The number of hydrogen-bond acceptors (Lipinski definition) is 1. The maximum absolute atomic E-state index is 13.7. The molecule has 84 valence electrons. The SMILES string of the molecule is Fc1cccc(Cl)c1C(Br)c1ccc(Br)s1. The van der Waals surface area contributed by atoms with E-state index in [1.807, 2.05) is 12.1 Å². The second kappa shape index (κ2) is 5.17. The van der Waals surface area contributed by atoms with E-state index in [0.29, 0.717) is 10.6 Å². The van der Waals surface area contributed by atoms with E-state index in [2.05, 4.69) is 31.9 Å². The lowest BCUT2D eigenvalue weighted by molar-refractivity contribution is 0.614. The van der Waals surface area contributed by atoms with Crippen molar-refractivity contribution in [3.63, 3.8) is 0 Å². The quantitative estimate of drug-likeness (QED) is 0.575. The number of halogens is 4. The van der Waals surface area contributed by atoms with Crippen LogP contribution in [0.15, 0.2) is 34.1 Å². The second-order valence-corrected chi connectivity index (χ2v) is 6.96. The van der Waals surface area contributed by atoms with Gasteiger partial charge in [0.05, 0.1) is 8.61 Å². The molecule has 0 aliphatic rings. The van der Waals surface area contributed by atoms with Crippen LogP contribution in [0, 0.1) is 5.82 Å². The van der Waals surface area contributed by atoms with Crippen molar-refractivity contribution in [1.82, 2.24) is 0 Å². The van der Waals surface area contributed by atoms with E-state index in [4.69, 9.17) is 11.6 Å². The van der Waals surface area contributed by atoms with Gasteiger partial charge in [0.25, 0.3) is 0 Å². The average Bonchev–Trinajstić information content (AvgIpc) is 2.64. The van der Waals surface area contributed by atoms with Crippen LogP contribution in [-0.2, 0) is 0 Å². The number of rotatable bonds is 2. The summed E-state index contributed by atoms with van der Waals surface area (Å²) < 4.78 is 14.7. The average molecular weight is 384 g/mol. The van der Waals surface area contributed by atoms with E-state index in [9.17, 15) is 4.39 Å². The molecule has 0 amide bonds. The van der Waals surface area contributed by atoms with Gasteiger partial charge >= 0.3 is 0 Å². The Bertz CT molecular complexity index is 492. The summed E-state index contributed by atoms with van der Waals surface area (Å²) in [7, 11) is 0. The third-order valence-corrected chi connectivity index (χ3v) is 5.37. The Labute approximate surface area is 119 Å². The highest BCUT2D eigenvalue weighted by Crippen LogP contribution is 2.40. The number of hydrogen-bond donors (Lipinski definition) is 0. The molecule has 0 aliphatic heterocycles. The molecule has 0 saturated heterocycles. The topological polar surface area (TPSA) is 0 Å². The van der Waals surface area contributed by atoms with Crippen molar-refractivity contribution in [2.45, 2.75) is 4.83 Å². The van der Waals surface area contributed by atoms with Crippen LogP contribution in [0.3, 0.4) is 0 Å². The molecule has 16 heavy (non-hydrogen) atoms. The van der Waals surface area contributed by atoms with Gasteiger partial charge in [-0.2, -0.15) is 0 Å². The molecule has 1 atom stereocenters. The Morgan fingerprint density at radius 1 is 1.25 bits per heavy atom. The summed E-state index contributed by atoms with van der Waals surface area (Å²) in [5.41, 5.74) is 0.485. The second-order valence-electron chi connectivity index (χ2n) is 3.14. The van der Waals surface area contributed by atoms with Crippen LogP contribution in [0.5, 0.6) is 0 Å². The lowest BCUT2D eigenvalue weighted by Crippen LogP contribution is -1.95. The van der Waals surface area contributed by atoms with Gasteiger partial charge in [0.15, 0.2) is 0 Å². The van der Waals surface area contributed by atoms with Crippen LogP contribution in [0.4, 0.5) is 4.39 Å². The highest BCUT2D eigenvalue weighted by molar-refractivity contribution is 9.11. The van der Waals surface area contributed by atoms with Crippen molar-refractivity contribution < 1.29 is 4.39 Å². The van der Waals surface area contributed by atoms with Gasteiger partial charge in [-0.1, -0.05) is 33.6 Å². The number of thiophene rings is 1. The molecular formula is C11H6Br2ClFS. The summed E-state index contributed by atoms with van der Waals surface area (Å²) >= 11 is 14.4. The maximum Gasteiger partial charge on any atom is 0.129 e. The fourth-order valence-corrected chi connectivity index (χ4v) is 4.07. The highest BCUT2D eigenvalue weighted by Gasteiger charge is 2.19. The largest absolute Gasteiger partial charge is 0.207 e. The third kappa shape index (κ3) is 2.50. The molecule has 5 heteroatoms. The molecule has 0 nitrogen and oxygen atoms in total. The van der Waals surface area contributed by atoms with Gasteiger partial charge in [-0.3, -0.25) is 0 Å². The van der Waals surface area contributed by atoms with Gasteiger partial charge in [0.2, 0.25) is 0 Å². The molecule has 0 bridgehead atoms. The molecule has 2 aromatic rings. The van der Waals surface area contributed by atoms with Gasteiger partial charge in [0, 0.05) is 15.5 Å². The van der Waals surface area contributed by atoms with Crippen molar-refractivity contribution in [2.75, 3.05) is 0 Å². The first kappa shape index (κ1) is 12.6. The van der Waals surface area contributed by atoms with Gasteiger partial charge in [-0.15, -0.1) is 11.3 Å². The molecule has 0 radical (unpaired) electrons. The van der Waals surface area contributed by atoms with Gasteiger partial charge in [-0.25, -0.2) is 4.39 Å². The summed E-state index contributed by atoms with van der Waals surface area (Å²) in [6, 6.07) is 8.58.